The topological polar surface area (TPSA) is 74.5 Å². The standard InChI is InChI=1S/C26H34FN5O2S/c1-20-6-2-3-14-31(20)15-5-13-28-25(33)12-16-32(19-23-7-4-17-34-23)26-29-24(30-35-26)18-21-8-10-22(27)11-9-21/h4,7-11,17,20H,2-3,5-6,12-16,18-19H2,1H3,(H,28,33). The van der Waals surface area contributed by atoms with Gasteiger partial charge in [0.25, 0.3) is 0 Å². The number of benzene rings is 1. The van der Waals surface area contributed by atoms with Crippen LogP contribution in [0.3, 0.4) is 0 Å². The Labute approximate surface area is 210 Å². The van der Waals surface area contributed by atoms with E-state index in [1.165, 1.54) is 49.5 Å². The molecule has 9 heteroatoms. The van der Waals surface area contributed by atoms with Gasteiger partial charge in [0.05, 0.1) is 12.8 Å². The maximum absolute atomic E-state index is 13.2. The first-order valence-electron chi connectivity index (χ1n) is 12.4. The predicted octanol–water partition coefficient (Wildman–Crippen LogP) is 4.64. The van der Waals surface area contributed by atoms with Crippen molar-refractivity contribution < 1.29 is 13.6 Å². The number of furan rings is 1. The summed E-state index contributed by atoms with van der Waals surface area (Å²) in [5, 5.41) is 3.81. The van der Waals surface area contributed by atoms with Crippen LogP contribution in [0.4, 0.5) is 9.52 Å². The van der Waals surface area contributed by atoms with Gasteiger partial charge in [-0.2, -0.15) is 4.37 Å². The van der Waals surface area contributed by atoms with Crippen molar-refractivity contribution in [2.45, 2.75) is 58.0 Å². The second-order valence-corrected chi connectivity index (χ2v) is 9.86. The number of piperidine rings is 1. The van der Waals surface area contributed by atoms with Crippen molar-refractivity contribution in [3.63, 3.8) is 0 Å². The number of rotatable bonds is 12. The fourth-order valence-electron chi connectivity index (χ4n) is 4.39. The fourth-order valence-corrected chi connectivity index (χ4v) is 5.10. The van der Waals surface area contributed by atoms with E-state index in [9.17, 15) is 9.18 Å². The Balaban J connectivity index is 1.27. The number of halogens is 1. The first-order chi connectivity index (χ1) is 17.1. The van der Waals surface area contributed by atoms with Gasteiger partial charge in [0.2, 0.25) is 11.0 Å². The molecule has 0 bridgehead atoms. The summed E-state index contributed by atoms with van der Waals surface area (Å²) in [6, 6.07) is 10.8. The number of carbonyl (C=O) groups is 1. The Hall–Kier alpha value is -2.78. The number of hydrogen-bond donors (Lipinski definition) is 1. The molecule has 4 rings (SSSR count). The van der Waals surface area contributed by atoms with Crippen LogP contribution in [0.5, 0.6) is 0 Å². The van der Waals surface area contributed by atoms with Crippen molar-refractivity contribution in [1.82, 2.24) is 19.6 Å². The highest BCUT2D eigenvalue weighted by molar-refractivity contribution is 7.09. The number of nitrogens with one attached hydrogen (secondary N) is 1. The Morgan fingerprint density at radius 3 is 2.91 bits per heavy atom. The van der Waals surface area contributed by atoms with Crippen LogP contribution in [-0.4, -0.2) is 52.4 Å². The third kappa shape index (κ3) is 7.86. The Kier molecular flexibility index (Phi) is 9.25. The van der Waals surface area contributed by atoms with Gasteiger partial charge in [-0.1, -0.05) is 18.6 Å². The number of nitrogens with zero attached hydrogens (tertiary/aromatic N) is 4. The molecular weight excluding hydrogens is 465 g/mol. The average Bonchev–Trinajstić information content (AvgIpc) is 3.54. The normalized spacial score (nSPS) is 16.3. The maximum atomic E-state index is 13.2. The van der Waals surface area contributed by atoms with E-state index in [1.54, 1.807) is 18.4 Å². The van der Waals surface area contributed by atoms with E-state index in [0.717, 1.165) is 29.4 Å². The Bertz CT molecular complexity index is 1040. The molecule has 1 N–H and O–H groups in total. The number of aromatic nitrogens is 2. The minimum atomic E-state index is -0.260. The predicted molar refractivity (Wildman–Crippen MR) is 136 cm³/mol. The highest BCUT2D eigenvalue weighted by Gasteiger charge is 2.18. The Morgan fingerprint density at radius 2 is 2.14 bits per heavy atom. The SMILES string of the molecule is CC1CCCCN1CCCNC(=O)CCN(Cc1ccco1)c1nc(Cc2ccc(F)cc2)ns1. The minimum Gasteiger partial charge on any atom is -0.467 e. The minimum absolute atomic E-state index is 0.0391. The van der Waals surface area contributed by atoms with E-state index in [2.05, 4.69) is 26.5 Å². The highest BCUT2D eigenvalue weighted by atomic mass is 32.1. The number of anilines is 1. The van der Waals surface area contributed by atoms with E-state index in [-0.39, 0.29) is 11.7 Å². The fraction of sp³-hybridized carbons (Fsp3) is 0.500. The van der Waals surface area contributed by atoms with Gasteiger partial charge in [-0.25, -0.2) is 9.37 Å². The van der Waals surface area contributed by atoms with E-state index in [4.69, 9.17) is 4.42 Å². The molecule has 1 saturated heterocycles. The lowest BCUT2D eigenvalue weighted by molar-refractivity contribution is -0.120. The molecule has 35 heavy (non-hydrogen) atoms. The lowest BCUT2D eigenvalue weighted by atomic mass is 10.0. The van der Waals surface area contributed by atoms with Crippen LogP contribution in [0, 0.1) is 5.82 Å². The smallest absolute Gasteiger partial charge is 0.221 e. The molecule has 0 radical (unpaired) electrons. The van der Waals surface area contributed by atoms with Gasteiger partial charge in [-0.05, 0) is 62.6 Å². The van der Waals surface area contributed by atoms with Crippen LogP contribution in [0.15, 0.2) is 47.1 Å². The van der Waals surface area contributed by atoms with Crippen molar-refractivity contribution in [3.05, 3.63) is 65.6 Å². The number of hydrogen-bond acceptors (Lipinski definition) is 7. The van der Waals surface area contributed by atoms with Gasteiger partial charge in [0.1, 0.15) is 17.4 Å². The van der Waals surface area contributed by atoms with E-state index in [0.29, 0.717) is 44.3 Å². The molecule has 1 aromatic carbocycles. The summed E-state index contributed by atoms with van der Waals surface area (Å²) in [4.78, 5) is 21.8. The first-order valence-corrected chi connectivity index (χ1v) is 13.2. The summed E-state index contributed by atoms with van der Waals surface area (Å²) in [6.45, 7) is 6.22. The van der Waals surface area contributed by atoms with Gasteiger partial charge in [0.15, 0.2) is 0 Å². The lowest BCUT2D eigenvalue weighted by Crippen LogP contribution is -2.39. The molecule has 1 aliphatic heterocycles. The van der Waals surface area contributed by atoms with Crippen LogP contribution in [0.2, 0.25) is 0 Å². The zero-order chi connectivity index (χ0) is 24.5. The van der Waals surface area contributed by atoms with Crippen molar-refractivity contribution in [2.75, 3.05) is 31.1 Å². The van der Waals surface area contributed by atoms with Gasteiger partial charge in [0, 0.05) is 50.1 Å². The molecule has 0 saturated carbocycles. The average molecular weight is 500 g/mol. The van der Waals surface area contributed by atoms with Crippen LogP contribution in [-0.2, 0) is 17.8 Å². The third-order valence-electron chi connectivity index (χ3n) is 6.42. The van der Waals surface area contributed by atoms with Gasteiger partial charge < -0.3 is 19.5 Å². The van der Waals surface area contributed by atoms with Crippen LogP contribution in [0.25, 0.3) is 0 Å². The molecule has 1 aliphatic rings. The maximum Gasteiger partial charge on any atom is 0.221 e. The molecule has 1 unspecified atom stereocenters. The number of amides is 1. The van der Waals surface area contributed by atoms with Crippen LogP contribution in [0.1, 0.15) is 56.2 Å². The summed E-state index contributed by atoms with van der Waals surface area (Å²) in [5.74, 6) is 1.26. The first kappa shape index (κ1) is 25.3. The van der Waals surface area contributed by atoms with Crippen LogP contribution < -0.4 is 10.2 Å². The Morgan fingerprint density at radius 1 is 1.29 bits per heavy atom. The number of likely N-dealkylation sites (tertiary alicyclic amines) is 1. The van der Waals surface area contributed by atoms with Crippen molar-refractivity contribution in [3.8, 4) is 0 Å². The third-order valence-corrected chi connectivity index (χ3v) is 7.24. The molecule has 188 valence electrons. The molecule has 7 nitrogen and oxygen atoms in total. The van der Waals surface area contributed by atoms with Gasteiger partial charge >= 0.3 is 0 Å². The molecule has 1 amide bonds. The summed E-state index contributed by atoms with van der Waals surface area (Å²) >= 11 is 1.30. The second-order valence-electron chi connectivity index (χ2n) is 9.13. The molecule has 1 fully saturated rings. The lowest BCUT2D eigenvalue weighted by Gasteiger charge is -2.33. The van der Waals surface area contributed by atoms with Crippen molar-refractivity contribution in [1.29, 1.82) is 0 Å². The summed E-state index contributed by atoms with van der Waals surface area (Å²) in [6.07, 6.45) is 7.38. The largest absolute Gasteiger partial charge is 0.467 e. The molecule has 0 aliphatic carbocycles. The summed E-state index contributed by atoms with van der Waals surface area (Å²) in [7, 11) is 0. The van der Waals surface area contributed by atoms with Crippen molar-refractivity contribution in [2.24, 2.45) is 0 Å². The molecule has 1 atom stereocenters. The van der Waals surface area contributed by atoms with E-state index < -0.39 is 0 Å². The molecule has 3 heterocycles. The van der Waals surface area contributed by atoms with Gasteiger partial charge in [-0.15, -0.1) is 0 Å². The second kappa shape index (κ2) is 12.8. The van der Waals surface area contributed by atoms with E-state index in [1.807, 2.05) is 17.0 Å². The zero-order valence-corrected chi connectivity index (χ0v) is 21.1. The van der Waals surface area contributed by atoms with Crippen molar-refractivity contribution >= 4 is 22.6 Å². The zero-order valence-electron chi connectivity index (χ0n) is 20.3. The number of carbonyl (C=O) groups excluding carboxylic acids is 1. The molecule has 0 spiro atoms. The quantitative estimate of drug-likeness (QED) is 0.366. The molecular formula is C26H34FN5O2S. The van der Waals surface area contributed by atoms with Crippen LogP contribution >= 0.6 is 11.5 Å². The highest BCUT2D eigenvalue weighted by Crippen LogP contribution is 2.22. The van der Waals surface area contributed by atoms with E-state index >= 15 is 0 Å². The molecule has 3 aromatic rings. The summed E-state index contributed by atoms with van der Waals surface area (Å²) in [5.41, 5.74) is 0.951. The monoisotopic (exact) mass is 499 g/mol. The molecule has 2 aromatic heterocycles. The van der Waals surface area contributed by atoms with Gasteiger partial charge in [-0.3, -0.25) is 4.79 Å². The summed E-state index contributed by atoms with van der Waals surface area (Å²) < 4.78 is 23.2.